The number of benzene rings is 3. The molecule has 0 saturated carbocycles. The third-order valence-corrected chi connectivity index (χ3v) is 5.77. The summed E-state index contributed by atoms with van der Waals surface area (Å²) in [5.41, 5.74) is 4.13. The predicted molar refractivity (Wildman–Crippen MR) is 149 cm³/mol. The summed E-state index contributed by atoms with van der Waals surface area (Å²) >= 11 is 6.36. The van der Waals surface area contributed by atoms with Crippen LogP contribution in [0.1, 0.15) is 15.9 Å². The lowest BCUT2D eigenvalue weighted by molar-refractivity contribution is -0.117. The van der Waals surface area contributed by atoms with Gasteiger partial charge in [-0.15, -0.1) is 0 Å². The third-order valence-electron chi connectivity index (χ3n) is 5.41. The van der Waals surface area contributed by atoms with E-state index in [2.05, 4.69) is 15.8 Å². The molecular weight excluding hydrogens is 502 g/mol. The van der Waals surface area contributed by atoms with E-state index in [4.69, 9.17) is 11.6 Å². The van der Waals surface area contributed by atoms with Gasteiger partial charge in [-0.2, -0.15) is 9.78 Å². The smallest absolute Gasteiger partial charge is 0.292 e. The fourth-order valence-electron chi connectivity index (χ4n) is 3.46. The quantitative estimate of drug-likeness (QED) is 0.202. The first-order valence-electron chi connectivity index (χ1n) is 11.6. The number of hydrazine groups is 1. The van der Waals surface area contributed by atoms with Gasteiger partial charge in [0, 0.05) is 12.6 Å². The summed E-state index contributed by atoms with van der Waals surface area (Å²) in [5, 5.41) is 7.98. The van der Waals surface area contributed by atoms with E-state index >= 15 is 0 Å². The molecule has 2 N–H and O–H groups in total. The van der Waals surface area contributed by atoms with E-state index in [-0.39, 0.29) is 16.4 Å². The zero-order chi connectivity index (χ0) is 26.9. The Hall–Kier alpha value is -4.95. The van der Waals surface area contributed by atoms with Crippen molar-refractivity contribution in [1.29, 1.82) is 0 Å². The number of halogens is 1. The van der Waals surface area contributed by atoms with E-state index in [9.17, 15) is 14.4 Å². The maximum Gasteiger partial charge on any atom is 0.292 e. The fraction of sp³-hybridized carbons (Fsp3) is 0.0345. The first-order chi connectivity index (χ1) is 18.4. The number of allylic oxidation sites excluding steroid dienone is 2. The molecular formula is C29H24ClN5O3. The molecule has 0 fully saturated rings. The van der Waals surface area contributed by atoms with Crippen molar-refractivity contribution in [2.24, 2.45) is 0 Å². The molecule has 0 spiro atoms. The lowest BCUT2D eigenvalue weighted by Crippen LogP contribution is -2.44. The van der Waals surface area contributed by atoms with Crippen LogP contribution in [0.2, 0.25) is 5.02 Å². The van der Waals surface area contributed by atoms with Gasteiger partial charge >= 0.3 is 0 Å². The number of carbonyl (C=O) groups is 2. The van der Waals surface area contributed by atoms with Crippen molar-refractivity contribution in [2.45, 2.75) is 0 Å². The molecule has 0 unspecified atom stereocenters. The second kappa shape index (κ2) is 12.3. The summed E-state index contributed by atoms with van der Waals surface area (Å²) in [6, 6.07) is 26.9. The zero-order valence-corrected chi connectivity index (χ0v) is 21.2. The fourth-order valence-corrected chi connectivity index (χ4v) is 3.72. The number of aromatic nitrogens is 2. The van der Waals surface area contributed by atoms with Crippen molar-refractivity contribution >= 4 is 35.2 Å². The SMILES string of the molecule is CN(NC(=O)/C(=C/C=C\c1ccccc1)NC(=O)c1ccccc1)c1cnn(-c2ccccc2)c(=O)c1Cl. The molecule has 3 aromatic carbocycles. The van der Waals surface area contributed by atoms with Gasteiger partial charge < -0.3 is 5.32 Å². The number of rotatable bonds is 8. The molecule has 0 aliphatic rings. The van der Waals surface area contributed by atoms with Crippen LogP contribution in [0.4, 0.5) is 5.69 Å². The summed E-state index contributed by atoms with van der Waals surface area (Å²) < 4.78 is 1.17. The van der Waals surface area contributed by atoms with Crippen LogP contribution in [0.15, 0.2) is 120 Å². The van der Waals surface area contributed by atoms with Gasteiger partial charge in [0.15, 0.2) is 0 Å². The Morgan fingerprint density at radius 3 is 2.18 bits per heavy atom. The standard InChI is InChI=1S/C29H24ClN5O3/c1-34(25-20-31-35(29(38)26(25)30)23-17-9-4-10-18-23)33-28(37)24(19-11-14-21-12-5-2-6-13-21)32-27(36)22-15-7-3-8-16-22/h2-20H,1H3,(H,32,36)(H,33,37)/b14-11-,24-19-. The van der Waals surface area contributed by atoms with Crippen LogP contribution in [-0.2, 0) is 4.79 Å². The summed E-state index contributed by atoms with van der Waals surface area (Å²) in [6.45, 7) is 0. The Labute approximate surface area is 224 Å². The van der Waals surface area contributed by atoms with E-state index in [0.717, 1.165) is 5.56 Å². The van der Waals surface area contributed by atoms with Crippen molar-refractivity contribution in [3.8, 4) is 5.69 Å². The largest absolute Gasteiger partial charge is 0.317 e. The van der Waals surface area contributed by atoms with Crippen molar-refractivity contribution in [1.82, 2.24) is 20.5 Å². The van der Waals surface area contributed by atoms with Gasteiger partial charge in [-0.3, -0.25) is 24.8 Å². The van der Waals surface area contributed by atoms with Gasteiger partial charge in [-0.1, -0.05) is 90.5 Å². The Balaban J connectivity index is 1.57. The topological polar surface area (TPSA) is 96.3 Å². The Morgan fingerprint density at radius 1 is 0.921 bits per heavy atom. The number of hydrogen-bond donors (Lipinski definition) is 2. The van der Waals surface area contributed by atoms with Gasteiger partial charge in [0.25, 0.3) is 17.4 Å². The molecule has 8 nitrogen and oxygen atoms in total. The van der Waals surface area contributed by atoms with E-state index in [1.165, 1.54) is 29.0 Å². The molecule has 1 aromatic heterocycles. The summed E-state index contributed by atoms with van der Waals surface area (Å²) in [6.07, 6.45) is 6.32. The minimum Gasteiger partial charge on any atom is -0.317 e. The van der Waals surface area contributed by atoms with Crippen LogP contribution in [-0.4, -0.2) is 28.6 Å². The molecule has 0 atom stereocenters. The summed E-state index contributed by atoms with van der Waals surface area (Å²) in [5.74, 6) is -1.08. The van der Waals surface area contributed by atoms with Gasteiger partial charge in [-0.05, 0) is 35.9 Å². The number of carbonyl (C=O) groups excluding carboxylic acids is 2. The average Bonchev–Trinajstić information content (AvgIpc) is 2.95. The lowest BCUT2D eigenvalue weighted by atomic mass is 10.2. The second-order valence-electron chi connectivity index (χ2n) is 8.07. The average molecular weight is 526 g/mol. The highest BCUT2D eigenvalue weighted by Gasteiger charge is 2.19. The normalized spacial score (nSPS) is 11.3. The van der Waals surface area contributed by atoms with Gasteiger partial charge in [0.05, 0.1) is 11.9 Å². The summed E-state index contributed by atoms with van der Waals surface area (Å²) in [4.78, 5) is 38.8. The molecule has 1 heterocycles. The highest BCUT2D eigenvalue weighted by atomic mass is 35.5. The van der Waals surface area contributed by atoms with Crippen LogP contribution in [0.3, 0.4) is 0 Å². The van der Waals surface area contributed by atoms with Crippen molar-refractivity contribution in [3.63, 3.8) is 0 Å². The molecule has 9 heteroatoms. The third kappa shape index (κ3) is 6.43. The highest BCUT2D eigenvalue weighted by Crippen LogP contribution is 2.19. The number of hydrogen-bond acceptors (Lipinski definition) is 5. The van der Waals surface area contributed by atoms with Crippen LogP contribution < -0.4 is 21.3 Å². The molecule has 190 valence electrons. The number of para-hydroxylation sites is 1. The van der Waals surface area contributed by atoms with Crippen molar-refractivity contribution < 1.29 is 9.59 Å². The minimum absolute atomic E-state index is 0.0143. The maximum atomic E-state index is 13.2. The Bertz CT molecular complexity index is 1540. The van der Waals surface area contributed by atoms with E-state index in [0.29, 0.717) is 11.3 Å². The first-order valence-corrected chi connectivity index (χ1v) is 12.0. The highest BCUT2D eigenvalue weighted by molar-refractivity contribution is 6.33. The van der Waals surface area contributed by atoms with Crippen molar-refractivity contribution in [3.05, 3.63) is 142 Å². The molecule has 38 heavy (non-hydrogen) atoms. The first kappa shape index (κ1) is 26.1. The number of anilines is 1. The van der Waals surface area contributed by atoms with Crippen LogP contribution in [0, 0.1) is 0 Å². The van der Waals surface area contributed by atoms with Gasteiger partial charge in [0.1, 0.15) is 16.4 Å². The molecule has 0 saturated heterocycles. The van der Waals surface area contributed by atoms with E-state index in [1.807, 2.05) is 36.4 Å². The van der Waals surface area contributed by atoms with Crippen LogP contribution in [0.5, 0.6) is 0 Å². The molecule has 4 aromatic rings. The monoisotopic (exact) mass is 525 g/mol. The second-order valence-corrected chi connectivity index (χ2v) is 8.44. The minimum atomic E-state index is -0.627. The van der Waals surface area contributed by atoms with Crippen LogP contribution in [0.25, 0.3) is 11.8 Å². The molecule has 0 radical (unpaired) electrons. The number of nitrogens with one attached hydrogen (secondary N) is 2. The van der Waals surface area contributed by atoms with E-state index in [1.54, 1.807) is 66.7 Å². The molecule has 0 bridgehead atoms. The molecule has 2 amide bonds. The number of amides is 2. The molecule has 0 aliphatic carbocycles. The van der Waals surface area contributed by atoms with Gasteiger partial charge in [-0.25, -0.2) is 0 Å². The zero-order valence-electron chi connectivity index (χ0n) is 20.4. The molecule has 0 aliphatic heterocycles. The Kier molecular flexibility index (Phi) is 8.48. The lowest BCUT2D eigenvalue weighted by Gasteiger charge is -2.22. The summed E-state index contributed by atoms with van der Waals surface area (Å²) in [7, 11) is 1.52. The van der Waals surface area contributed by atoms with Crippen molar-refractivity contribution in [2.75, 3.05) is 12.1 Å². The van der Waals surface area contributed by atoms with E-state index < -0.39 is 17.4 Å². The number of nitrogens with zero attached hydrogens (tertiary/aromatic N) is 3. The Morgan fingerprint density at radius 2 is 1.53 bits per heavy atom. The predicted octanol–water partition coefficient (Wildman–Crippen LogP) is 4.38. The van der Waals surface area contributed by atoms with Gasteiger partial charge in [0.2, 0.25) is 0 Å². The van der Waals surface area contributed by atoms with Crippen LogP contribution >= 0.6 is 11.6 Å². The molecule has 4 rings (SSSR count). The maximum absolute atomic E-state index is 13.2.